The van der Waals surface area contributed by atoms with Gasteiger partial charge in [0.15, 0.2) is 0 Å². The molecule has 2 heterocycles. The Labute approximate surface area is 229 Å². The second-order valence-electron chi connectivity index (χ2n) is 11.0. The highest BCUT2D eigenvalue weighted by Gasteiger charge is 2.15. The Hall–Kier alpha value is -2.22. The first-order valence-electron chi connectivity index (χ1n) is 14.9. The molecule has 0 saturated heterocycles. The average molecular weight is 527 g/mol. The molecule has 2 aromatic rings. The molecule has 4 rings (SSSR count). The molecule has 2 fully saturated rings. The summed E-state index contributed by atoms with van der Waals surface area (Å²) in [5.74, 6) is 2.96. The number of rotatable bonds is 12. The number of nitrogens with one attached hydrogen (secondary N) is 1. The van der Waals surface area contributed by atoms with Gasteiger partial charge >= 0.3 is 0 Å². The molecule has 0 amide bonds. The van der Waals surface area contributed by atoms with E-state index in [4.69, 9.17) is 10.5 Å². The molecule has 2 unspecified atom stereocenters. The summed E-state index contributed by atoms with van der Waals surface area (Å²) in [4.78, 5) is 8.55. The van der Waals surface area contributed by atoms with Crippen LogP contribution in [-0.4, -0.2) is 39.9 Å². The molecule has 7 heteroatoms. The van der Waals surface area contributed by atoms with Gasteiger partial charge in [0.25, 0.3) is 0 Å². The SMILES string of the molecule is CCCC(O)c1ccnc(NCC2CCCCC2)c1.NCCC(O)c1ccnc(OCC2CCCCC2)c1. The lowest BCUT2D eigenvalue weighted by Crippen LogP contribution is -2.17. The molecule has 7 nitrogen and oxygen atoms in total. The number of aromatic nitrogens is 2. The molecule has 0 aromatic carbocycles. The van der Waals surface area contributed by atoms with Crippen LogP contribution in [0.1, 0.15) is 114 Å². The highest BCUT2D eigenvalue weighted by atomic mass is 16.5. The van der Waals surface area contributed by atoms with Gasteiger partial charge in [-0.1, -0.05) is 51.9 Å². The lowest BCUT2D eigenvalue weighted by Gasteiger charge is -2.22. The van der Waals surface area contributed by atoms with Gasteiger partial charge in [0.05, 0.1) is 18.8 Å². The molecule has 2 aromatic heterocycles. The Kier molecular flexibility index (Phi) is 13.9. The Bertz CT molecular complexity index is 827. The molecule has 0 bridgehead atoms. The minimum absolute atomic E-state index is 0.358. The molecular weight excluding hydrogens is 476 g/mol. The van der Waals surface area contributed by atoms with Crippen molar-refractivity contribution >= 4 is 5.82 Å². The largest absolute Gasteiger partial charge is 0.477 e. The van der Waals surface area contributed by atoms with Crippen molar-refractivity contribution in [1.82, 2.24) is 9.97 Å². The van der Waals surface area contributed by atoms with Crippen molar-refractivity contribution in [1.29, 1.82) is 0 Å². The van der Waals surface area contributed by atoms with Crippen LogP contribution in [0.4, 0.5) is 5.82 Å². The predicted octanol–water partition coefficient (Wildman–Crippen LogP) is 6.33. The van der Waals surface area contributed by atoms with Crippen LogP contribution in [0, 0.1) is 11.8 Å². The van der Waals surface area contributed by atoms with Crippen LogP contribution in [-0.2, 0) is 0 Å². The number of nitrogens with two attached hydrogens (primary N) is 1. The third-order valence-electron chi connectivity index (χ3n) is 7.80. The minimum atomic E-state index is -0.523. The number of hydrogen-bond donors (Lipinski definition) is 4. The van der Waals surface area contributed by atoms with E-state index >= 15 is 0 Å². The van der Waals surface area contributed by atoms with Crippen molar-refractivity contribution in [3.05, 3.63) is 47.8 Å². The van der Waals surface area contributed by atoms with Crippen LogP contribution in [0.5, 0.6) is 5.88 Å². The topological polar surface area (TPSA) is 114 Å². The summed E-state index contributed by atoms with van der Waals surface area (Å²) in [7, 11) is 0. The van der Waals surface area contributed by atoms with Gasteiger partial charge in [0, 0.05) is 25.0 Å². The first kappa shape index (κ1) is 30.3. The molecule has 0 spiro atoms. The van der Waals surface area contributed by atoms with E-state index in [0.717, 1.165) is 48.9 Å². The fourth-order valence-electron chi connectivity index (χ4n) is 5.42. The van der Waals surface area contributed by atoms with Gasteiger partial charge in [-0.2, -0.15) is 0 Å². The van der Waals surface area contributed by atoms with Gasteiger partial charge in [-0.25, -0.2) is 9.97 Å². The minimum Gasteiger partial charge on any atom is -0.477 e. The van der Waals surface area contributed by atoms with Gasteiger partial charge in [-0.05, 0) is 86.2 Å². The van der Waals surface area contributed by atoms with Gasteiger partial charge in [-0.3, -0.25) is 0 Å². The molecule has 38 heavy (non-hydrogen) atoms. The van der Waals surface area contributed by atoms with E-state index < -0.39 is 6.10 Å². The fourth-order valence-corrected chi connectivity index (χ4v) is 5.42. The first-order valence-corrected chi connectivity index (χ1v) is 14.9. The van der Waals surface area contributed by atoms with Crippen LogP contribution in [0.25, 0.3) is 0 Å². The lowest BCUT2D eigenvalue weighted by molar-refractivity contribution is 0.166. The number of nitrogens with zero attached hydrogens (tertiary/aromatic N) is 2. The van der Waals surface area contributed by atoms with Crippen LogP contribution < -0.4 is 15.8 Å². The number of ether oxygens (including phenoxy) is 1. The van der Waals surface area contributed by atoms with E-state index in [9.17, 15) is 10.2 Å². The summed E-state index contributed by atoms with van der Waals surface area (Å²) in [5.41, 5.74) is 7.26. The first-order chi connectivity index (χ1) is 18.6. The Morgan fingerprint density at radius 3 is 2.13 bits per heavy atom. The number of aliphatic hydroxyl groups is 2. The van der Waals surface area contributed by atoms with Crippen LogP contribution in [0.2, 0.25) is 0 Å². The molecule has 2 aliphatic carbocycles. The second kappa shape index (κ2) is 17.4. The summed E-state index contributed by atoms with van der Waals surface area (Å²) in [6.45, 7) is 4.32. The van der Waals surface area contributed by atoms with E-state index in [-0.39, 0.29) is 6.10 Å². The van der Waals surface area contributed by atoms with Crippen molar-refractivity contribution in [2.75, 3.05) is 25.0 Å². The molecule has 2 aliphatic rings. The molecule has 0 radical (unpaired) electrons. The van der Waals surface area contributed by atoms with Crippen molar-refractivity contribution in [3.63, 3.8) is 0 Å². The number of hydrogen-bond acceptors (Lipinski definition) is 7. The molecule has 2 saturated carbocycles. The standard InChI is InChI=1S/C16H26N2O.C15H24N2O2/c1-2-6-15(19)14-9-10-17-16(11-14)18-12-13-7-4-3-5-8-13;16-8-6-14(18)13-7-9-17-15(10-13)19-11-12-4-2-1-3-5-12/h9-11,13,15,19H,2-8,12H2,1H3,(H,17,18);7,9-10,12,14,18H,1-6,8,11,16H2. The van der Waals surface area contributed by atoms with Crippen molar-refractivity contribution in [2.24, 2.45) is 17.6 Å². The molecule has 2 atom stereocenters. The van der Waals surface area contributed by atoms with E-state index in [1.165, 1.54) is 64.2 Å². The summed E-state index contributed by atoms with van der Waals surface area (Å²) in [6, 6.07) is 7.53. The average Bonchev–Trinajstić information content (AvgIpc) is 2.97. The van der Waals surface area contributed by atoms with Crippen LogP contribution >= 0.6 is 0 Å². The third-order valence-corrected chi connectivity index (χ3v) is 7.80. The van der Waals surface area contributed by atoms with Gasteiger partial charge < -0.3 is 26.0 Å². The number of aliphatic hydroxyl groups excluding tert-OH is 2. The highest BCUT2D eigenvalue weighted by molar-refractivity contribution is 5.38. The predicted molar refractivity (Wildman–Crippen MR) is 154 cm³/mol. The monoisotopic (exact) mass is 526 g/mol. The maximum Gasteiger partial charge on any atom is 0.213 e. The Balaban J connectivity index is 0.000000211. The maximum atomic E-state index is 10.0. The Morgan fingerprint density at radius 1 is 0.868 bits per heavy atom. The third kappa shape index (κ3) is 10.9. The van der Waals surface area contributed by atoms with Gasteiger partial charge in [-0.15, -0.1) is 0 Å². The van der Waals surface area contributed by atoms with E-state index in [2.05, 4.69) is 22.2 Å². The zero-order valence-corrected chi connectivity index (χ0v) is 23.4. The van der Waals surface area contributed by atoms with Crippen molar-refractivity contribution < 1.29 is 14.9 Å². The van der Waals surface area contributed by atoms with Crippen molar-refractivity contribution in [3.8, 4) is 5.88 Å². The van der Waals surface area contributed by atoms with E-state index in [1.54, 1.807) is 12.4 Å². The molecule has 0 aliphatic heterocycles. The Morgan fingerprint density at radius 2 is 1.47 bits per heavy atom. The summed E-state index contributed by atoms with van der Waals surface area (Å²) >= 11 is 0. The quantitative estimate of drug-likeness (QED) is 0.255. The number of pyridine rings is 2. The van der Waals surface area contributed by atoms with Crippen molar-refractivity contribution in [2.45, 2.75) is 103 Å². The highest BCUT2D eigenvalue weighted by Crippen LogP contribution is 2.26. The van der Waals surface area contributed by atoms with E-state index in [0.29, 0.717) is 24.8 Å². The lowest BCUT2D eigenvalue weighted by atomic mass is 9.89. The number of anilines is 1. The van der Waals surface area contributed by atoms with Crippen LogP contribution in [0.15, 0.2) is 36.7 Å². The van der Waals surface area contributed by atoms with E-state index in [1.807, 2.05) is 24.3 Å². The smallest absolute Gasteiger partial charge is 0.213 e. The molecular formula is C31H50N4O3. The van der Waals surface area contributed by atoms with Gasteiger partial charge in [0.1, 0.15) is 5.82 Å². The summed E-state index contributed by atoms with van der Waals surface area (Å²) < 4.78 is 5.76. The zero-order chi connectivity index (χ0) is 27.0. The normalized spacial score (nSPS) is 18.2. The van der Waals surface area contributed by atoms with Crippen LogP contribution in [0.3, 0.4) is 0 Å². The molecule has 5 N–H and O–H groups in total. The molecule has 212 valence electrons. The zero-order valence-electron chi connectivity index (χ0n) is 23.4. The van der Waals surface area contributed by atoms with Gasteiger partial charge in [0.2, 0.25) is 5.88 Å². The maximum absolute atomic E-state index is 10.0. The summed E-state index contributed by atoms with van der Waals surface area (Å²) in [5, 5.41) is 23.3. The summed E-state index contributed by atoms with van der Waals surface area (Å²) in [6.07, 6.45) is 18.3. The fraction of sp³-hybridized carbons (Fsp3) is 0.677. The second-order valence-corrected chi connectivity index (χ2v) is 11.0.